The molecule has 0 aliphatic carbocycles. The normalized spacial score (nSPS) is 10.7. The Hall–Kier alpha value is -1.80. The van der Waals surface area contributed by atoms with E-state index in [2.05, 4.69) is 22.1 Å². The number of rotatable bonds is 7. The van der Waals surface area contributed by atoms with Crippen molar-refractivity contribution in [3.8, 4) is 0 Å². The van der Waals surface area contributed by atoms with Crippen molar-refractivity contribution < 1.29 is 0 Å². The van der Waals surface area contributed by atoms with Gasteiger partial charge in [-0.15, -0.1) is 28.1 Å². The molecule has 0 bridgehead atoms. The van der Waals surface area contributed by atoms with Crippen LogP contribution in [0.2, 0.25) is 10.0 Å². The topological polar surface area (TPSA) is 59.8 Å². The number of anilines is 2. The van der Waals surface area contributed by atoms with Crippen LogP contribution in [0, 0.1) is 0 Å². The first kappa shape index (κ1) is 19.0. The van der Waals surface area contributed by atoms with E-state index in [4.69, 9.17) is 23.2 Å². The van der Waals surface area contributed by atoms with E-state index in [1.54, 1.807) is 35.6 Å². The monoisotopic (exact) mass is 424 g/mol. The molecule has 0 saturated heterocycles. The molecule has 134 valence electrons. The van der Waals surface area contributed by atoms with Crippen molar-refractivity contribution in [2.75, 3.05) is 5.32 Å². The Kier molecular flexibility index (Phi) is 6.37. The van der Waals surface area contributed by atoms with Crippen LogP contribution in [-0.4, -0.2) is 14.8 Å². The Morgan fingerprint density at radius 2 is 2.12 bits per heavy atom. The van der Waals surface area contributed by atoms with Gasteiger partial charge in [-0.2, -0.15) is 0 Å². The van der Waals surface area contributed by atoms with Crippen LogP contribution >= 0.6 is 46.3 Å². The lowest BCUT2D eigenvalue weighted by molar-refractivity contribution is 0.626. The summed E-state index contributed by atoms with van der Waals surface area (Å²) in [6.45, 7) is 4.05. The van der Waals surface area contributed by atoms with Crippen molar-refractivity contribution in [3.63, 3.8) is 0 Å². The van der Waals surface area contributed by atoms with Crippen molar-refractivity contribution in [2.24, 2.45) is 0 Å². The van der Waals surface area contributed by atoms with Crippen molar-refractivity contribution in [1.29, 1.82) is 0 Å². The standard InChI is InChI=1S/C17H14Cl2N4OS2/c1-2-8-23-16(24)15(20-13-7-3-6-12(18)14(13)19)21-22-17(23)26-10-11-5-4-9-25-11/h2-7,9H,1,8,10H2,(H,20,21). The summed E-state index contributed by atoms with van der Waals surface area (Å²) >= 11 is 15.3. The number of nitrogens with zero attached hydrogens (tertiary/aromatic N) is 3. The van der Waals surface area contributed by atoms with Crippen molar-refractivity contribution in [2.45, 2.75) is 17.5 Å². The highest BCUT2D eigenvalue weighted by atomic mass is 35.5. The highest BCUT2D eigenvalue weighted by Crippen LogP contribution is 2.31. The minimum absolute atomic E-state index is 0.0801. The van der Waals surface area contributed by atoms with Crippen LogP contribution in [0.1, 0.15) is 4.88 Å². The van der Waals surface area contributed by atoms with Gasteiger partial charge in [0.25, 0.3) is 5.56 Å². The smallest absolute Gasteiger partial charge is 0.297 e. The molecule has 0 radical (unpaired) electrons. The molecule has 0 atom stereocenters. The molecule has 2 heterocycles. The molecule has 2 aromatic heterocycles. The Bertz CT molecular complexity index is 973. The van der Waals surface area contributed by atoms with Crippen LogP contribution in [0.4, 0.5) is 11.5 Å². The summed E-state index contributed by atoms with van der Waals surface area (Å²) in [6, 6.07) is 9.15. The van der Waals surface area contributed by atoms with Crippen LogP contribution in [0.15, 0.2) is 58.3 Å². The van der Waals surface area contributed by atoms with E-state index in [9.17, 15) is 4.79 Å². The second kappa shape index (κ2) is 8.73. The van der Waals surface area contributed by atoms with Crippen LogP contribution in [0.25, 0.3) is 0 Å². The quantitative estimate of drug-likeness (QED) is 0.415. The van der Waals surface area contributed by atoms with Gasteiger partial charge in [-0.3, -0.25) is 9.36 Å². The number of benzene rings is 1. The van der Waals surface area contributed by atoms with Gasteiger partial charge >= 0.3 is 0 Å². The fraction of sp³-hybridized carbons (Fsp3) is 0.118. The molecule has 1 N–H and O–H groups in total. The molecular formula is C17H14Cl2N4OS2. The maximum absolute atomic E-state index is 12.8. The van der Waals surface area contributed by atoms with Crippen molar-refractivity contribution in [3.05, 3.63) is 73.6 Å². The molecule has 0 aliphatic heterocycles. The number of hydrogen-bond acceptors (Lipinski definition) is 6. The molecule has 1 aromatic carbocycles. The number of nitrogens with one attached hydrogen (secondary N) is 1. The molecule has 0 spiro atoms. The molecule has 3 rings (SSSR count). The maximum Gasteiger partial charge on any atom is 0.297 e. The summed E-state index contributed by atoms with van der Waals surface area (Å²) in [4.78, 5) is 14.0. The molecule has 0 saturated carbocycles. The lowest BCUT2D eigenvalue weighted by Gasteiger charge is -2.12. The average molecular weight is 425 g/mol. The summed E-state index contributed by atoms with van der Waals surface area (Å²) in [5.74, 6) is 0.798. The highest BCUT2D eigenvalue weighted by molar-refractivity contribution is 7.98. The van der Waals surface area contributed by atoms with E-state index in [-0.39, 0.29) is 11.4 Å². The third-order valence-corrected chi connectivity index (χ3v) is 6.25. The van der Waals surface area contributed by atoms with Gasteiger partial charge in [-0.05, 0) is 23.6 Å². The van der Waals surface area contributed by atoms with E-state index in [0.29, 0.717) is 27.4 Å². The number of halogens is 2. The first-order chi connectivity index (χ1) is 12.6. The highest BCUT2D eigenvalue weighted by Gasteiger charge is 2.14. The average Bonchev–Trinajstić information content (AvgIpc) is 3.15. The predicted octanol–water partition coefficient (Wildman–Crippen LogP) is 5.23. The molecule has 9 heteroatoms. The Labute approximate surface area is 168 Å². The molecule has 5 nitrogen and oxygen atoms in total. The first-order valence-corrected chi connectivity index (χ1v) is 10.2. The van der Waals surface area contributed by atoms with Gasteiger partial charge < -0.3 is 5.32 Å². The van der Waals surface area contributed by atoms with E-state index in [1.807, 2.05) is 17.5 Å². The maximum atomic E-state index is 12.8. The largest absolute Gasteiger partial charge is 0.333 e. The summed E-state index contributed by atoms with van der Waals surface area (Å²) in [6.07, 6.45) is 1.65. The molecular weight excluding hydrogens is 411 g/mol. The summed E-state index contributed by atoms with van der Waals surface area (Å²) in [7, 11) is 0. The number of aromatic nitrogens is 3. The summed E-state index contributed by atoms with van der Waals surface area (Å²) in [5.41, 5.74) is 0.194. The van der Waals surface area contributed by atoms with Crippen LogP contribution in [0.3, 0.4) is 0 Å². The van der Waals surface area contributed by atoms with Gasteiger partial charge in [0.05, 0.1) is 15.7 Å². The predicted molar refractivity (Wildman–Crippen MR) is 110 cm³/mol. The van der Waals surface area contributed by atoms with Gasteiger partial charge in [0.15, 0.2) is 5.16 Å². The van der Waals surface area contributed by atoms with E-state index in [1.165, 1.54) is 21.2 Å². The lowest BCUT2D eigenvalue weighted by atomic mass is 10.3. The lowest BCUT2D eigenvalue weighted by Crippen LogP contribution is -2.26. The SMILES string of the molecule is C=CCn1c(SCc2cccs2)nnc(Nc2cccc(Cl)c2Cl)c1=O. The van der Waals surface area contributed by atoms with Crippen LogP contribution < -0.4 is 10.9 Å². The van der Waals surface area contributed by atoms with Crippen LogP contribution in [0.5, 0.6) is 0 Å². The number of allylic oxidation sites excluding steroid dienone is 1. The zero-order valence-electron chi connectivity index (χ0n) is 13.5. The third kappa shape index (κ3) is 4.29. The van der Waals surface area contributed by atoms with Crippen LogP contribution in [-0.2, 0) is 12.3 Å². The fourth-order valence-electron chi connectivity index (χ4n) is 2.14. The minimum atomic E-state index is -0.301. The van der Waals surface area contributed by atoms with Crippen molar-refractivity contribution >= 4 is 57.8 Å². The molecule has 0 unspecified atom stereocenters. The van der Waals surface area contributed by atoms with Gasteiger partial charge in [-0.25, -0.2) is 0 Å². The van der Waals surface area contributed by atoms with Gasteiger partial charge in [0.1, 0.15) is 0 Å². The van der Waals surface area contributed by atoms with Gasteiger partial charge in [0, 0.05) is 17.2 Å². The van der Waals surface area contributed by atoms with E-state index in [0.717, 1.165) is 5.75 Å². The van der Waals surface area contributed by atoms with Gasteiger partial charge in [0.2, 0.25) is 5.82 Å². The molecule has 3 aromatic rings. The Morgan fingerprint density at radius 3 is 2.85 bits per heavy atom. The van der Waals surface area contributed by atoms with E-state index < -0.39 is 0 Å². The Morgan fingerprint density at radius 1 is 1.27 bits per heavy atom. The molecule has 26 heavy (non-hydrogen) atoms. The summed E-state index contributed by atoms with van der Waals surface area (Å²) in [5, 5.41) is 14.4. The molecule has 0 aliphatic rings. The van der Waals surface area contributed by atoms with E-state index >= 15 is 0 Å². The number of thiophene rings is 1. The Balaban J connectivity index is 1.90. The zero-order valence-corrected chi connectivity index (χ0v) is 16.6. The molecule has 0 fully saturated rings. The second-order valence-corrected chi connectivity index (χ2v) is 7.89. The van der Waals surface area contributed by atoms with Crippen molar-refractivity contribution in [1.82, 2.24) is 14.8 Å². The second-order valence-electron chi connectivity index (χ2n) is 5.13. The number of hydrogen-bond donors (Lipinski definition) is 1. The fourth-order valence-corrected chi connectivity index (χ4v) is 4.20. The minimum Gasteiger partial charge on any atom is -0.333 e. The molecule has 0 amide bonds. The summed E-state index contributed by atoms with van der Waals surface area (Å²) < 4.78 is 1.53. The van der Waals surface area contributed by atoms with Gasteiger partial charge in [-0.1, -0.05) is 53.2 Å². The first-order valence-electron chi connectivity index (χ1n) is 7.54. The zero-order chi connectivity index (χ0) is 18.5. The third-order valence-electron chi connectivity index (χ3n) is 3.35. The number of thioether (sulfide) groups is 1.